The van der Waals surface area contributed by atoms with Crippen molar-refractivity contribution >= 4 is 40.7 Å². The van der Waals surface area contributed by atoms with Gasteiger partial charge in [-0.2, -0.15) is 0 Å². The van der Waals surface area contributed by atoms with Crippen LogP contribution in [0.15, 0.2) is 76.5 Å². The number of nitrogens with zero attached hydrogens (tertiary/aromatic N) is 3. The molecule has 4 rings (SSSR count). The number of aromatic nitrogens is 3. The van der Waals surface area contributed by atoms with Crippen LogP contribution in [0.2, 0.25) is 10.0 Å². The van der Waals surface area contributed by atoms with Crippen LogP contribution < -0.4 is 0 Å². The zero-order chi connectivity index (χ0) is 19.5. The van der Waals surface area contributed by atoms with Gasteiger partial charge in [0.25, 0.3) is 0 Å². The minimum atomic E-state index is -0.0826. The van der Waals surface area contributed by atoms with Crippen LogP contribution in [-0.2, 0) is 0 Å². The molecule has 0 N–H and O–H groups in total. The van der Waals surface area contributed by atoms with Crippen LogP contribution in [0.4, 0.5) is 0 Å². The molecule has 0 saturated carbocycles. The number of hydrogen-bond donors (Lipinski definition) is 0. The molecule has 28 heavy (non-hydrogen) atoms. The van der Waals surface area contributed by atoms with Gasteiger partial charge in [-0.05, 0) is 48.5 Å². The number of Topliss-reactive ketones (excluding diaryl/α,β-unsaturated/α-hetero) is 1. The van der Waals surface area contributed by atoms with E-state index in [1.54, 1.807) is 54.8 Å². The number of ketones is 1. The van der Waals surface area contributed by atoms with E-state index in [9.17, 15) is 4.79 Å². The Hall–Kier alpha value is -2.54. The van der Waals surface area contributed by atoms with E-state index in [1.165, 1.54) is 11.8 Å². The standard InChI is InChI=1S/C20H13Cl2N3O2S/c21-13-7-9-14(10-8-13)25-19(18-6-3-11-27-18)23-24-20(25)28-12-17(26)15-4-1-2-5-16(15)22/h1-11H,12H2. The third-order valence-electron chi connectivity index (χ3n) is 3.97. The maximum Gasteiger partial charge on any atom is 0.205 e. The largest absolute Gasteiger partial charge is 0.461 e. The molecule has 0 saturated heterocycles. The second-order valence-corrected chi connectivity index (χ2v) is 7.57. The average molecular weight is 430 g/mol. The molecule has 0 spiro atoms. The highest BCUT2D eigenvalue weighted by molar-refractivity contribution is 7.99. The van der Waals surface area contributed by atoms with Crippen molar-refractivity contribution in [3.05, 3.63) is 82.5 Å². The molecule has 0 atom stereocenters. The Morgan fingerprint density at radius 2 is 1.79 bits per heavy atom. The molecular formula is C20H13Cl2N3O2S. The molecule has 0 aliphatic carbocycles. The van der Waals surface area contributed by atoms with Crippen LogP contribution in [0.25, 0.3) is 17.3 Å². The second kappa shape index (κ2) is 8.22. The molecule has 0 radical (unpaired) electrons. The number of halogens is 2. The highest BCUT2D eigenvalue weighted by Gasteiger charge is 2.19. The van der Waals surface area contributed by atoms with Gasteiger partial charge in [0.15, 0.2) is 16.7 Å². The van der Waals surface area contributed by atoms with E-state index >= 15 is 0 Å². The van der Waals surface area contributed by atoms with Crippen molar-refractivity contribution in [2.45, 2.75) is 5.16 Å². The van der Waals surface area contributed by atoms with Crippen molar-refractivity contribution in [3.8, 4) is 17.3 Å². The Labute approximate surface area is 175 Å². The average Bonchev–Trinajstić information content (AvgIpc) is 3.37. The number of carbonyl (C=O) groups is 1. The van der Waals surface area contributed by atoms with Crippen molar-refractivity contribution < 1.29 is 9.21 Å². The topological polar surface area (TPSA) is 60.9 Å². The summed E-state index contributed by atoms with van der Waals surface area (Å²) in [7, 11) is 0. The summed E-state index contributed by atoms with van der Waals surface area (Å²) in [5.74, 6) is 1.21. The molecule has 140 valence electrons. The summed E-state index contributed by atoms with van der Waals surface area (Å²) in [6.07, 6.45) is 1.57. The highest BCUT2D eigenvalue weighted by Crippen LogP contribution is 2.29. The lowest BCUT2D eigenvalue weighted by Gasteiger charge is -2.09. The number of carbonyl (C=O) groups excluding carboxylic acids is 1. The quantitative estimate of drug-likeness (QED) is 0.285. The van der Waals surface area contributed by atoms with Crippen LogP contribution in [0, 0.1) is 0 Å². The molecule has 8 heteroatoms. The molecule has 0 amide bonds. The summed E-state index contributed by atoms with van der Waals surface area (Å²) in [6, 6.07) is 17.9. The van der Waals surface area contributed by atoms with Crippen molar-refractivity contribution in [2.24, 2.45) is 0 Å². The predicted octanol–water partition coefficient (Wildman–Crippen LogP) is 5.81. The molecule has 5 nitrogen and oxygen atoms in total. The molecule has 2 aromatic heterocycles. The third-order valence-corrected chi connectivity index (χ3v) is 5.48. The van der Waals surface area contributed by atoms with Crippen LogP contribution in [-0.4, -0.2) is 26.3 Å². The second-order valence-electron chi connectivity index (χ2n) is 5.79. The number of thioether (sulfide) groups is 1. The number of furan rings is 1. The summed E-state index contributed by atoms with van der Waals surface area (Å²) in [5.41, 5.74) is 1.30. The monoisotopic (exact) mass is 429 g/mol. The fourth-order valence-electron chi connectivity index (χ4n) is 2.65. The summed E-state index contributed by atoms with van der Waals surface area (Å²) in [4.78, 5) is 12.6. The summed E-state index contributed by atoms with van der Waals surface area (Å²) >= 11 is 13.4. The van der Waals surface area contributed by atoms with E-state index in [-0.39, 0.29) is 11.5 Å². The molecule has 0 aliphatic heterocycles. The first-order chi connectivity index (χ1) is 13.6. The Kier molecular flexibility index (Phi) is 5.52. The highest BCUT2D eigenvalue weighted by atomic mass is 35.5. The van der Waals surface area contributed by atoms with Gasteiger partial charge in [-0.15, -0.1) is 10.2 Å². The molecule has 0 bridgehead atoms. The maximum atomic E-state index is 12.6. The third kappa shape index (κ3) is 3.85. The van der Waals surface area contributed by atoms with E-state index in [0.29, 0.717) is 32.3 Å². The van der Waals surface area contributed by atoms with Crippen molar-refractivity contribution in [1.29, 1.82) is 0 Å². The molecule has 0 aliphatic rings. The summed E-state index contributed by atoms with van der Waals surface area (Å²) in [6.45, 7) is 0. The molecule has 4 aromatic rings. The van der Waals surface area contributed by atoms with Crippen LogP contribution in [0.5, 0.6) is 0 Å². The van der Waals surface area contributed by atoms with Gasteiger partial charge in [-0.3, -0.25) is 9.36 Å². The van der Waals surface area contributed by atoms with Crippen molar-refractivity contribution in [2.75, 3.05) is 5.75 Å². The normalized spacial score (nSPS) is 10.9. The van der Waals surface area contributed by atoms with Gasteiger partial charge in [0, 0.05) is 16.3 Å². The SMILES string of the molecule is O=C(CSc1nnc(-c2ccco2)n1-c1ccc(Cl)cc1)c1ccccc1Cl. The Morgan fingerprint density at radius 1 is 1.00 bits per heavy atom. The smallest absolute Gasteiger partial charge is 0.205 e. The lowest BCUT2D eigenvalue weighted by atomic mass is 10.1. The molecular weight excluding hydrogens is 417 g/mol. The van der Waals surface area contributed by atoms with Gasteiger partial charge in [0.1, 0.15) is 0 Å². The van der Waals surface area contributed by atoms with Gasteiger partial charge in [0.05, 0.1) is 17.0 Å². The first-order valence-corrected chi connectivity index (χ1v) is 10.0. The van der Waals surface area contributed by atoms with E-state index in [4.69, 9.17) is 27.6 Å². The first-order valence-electron chi connectivity index (χ1n) is 8.29. The van der Waals surface area contributed by atoms with Gasteiger partial charge >= 0.3 is 0 Å². The van der Waals surface area contributed by atoms with E-state index in [0.717, 1.165) is 5.69 Å². The van der Waals surface area contributed by atoms with E-state index in [2.05, 4.69) is 10.2 Å². The minimum absolute atomic E-state index is 0.0826. The van der Waals surface area contributed by atoms with Crippen LogP contribution >= 0.6 is 35.0 Å². The number of benzene rings is 2. The van der Waals surface area contributed by atoms with Gasteiger partial charge in [-0.25, -0.2) is 0 Å². The van der Waals surface area contributed by atoms with Crippen molar-refractivity contribution in [1.82, 2.24) is 14.8 Å². The lowest BCUT2D eigenvalue weighted by Crippen LogP contribution is -2.05. The fraction of sp³-hybridized carbons (Fsp3) is 0.0500. The minimum Gasteiger partial charge on any atom is -0.461 e. The van der Waals surface area contributed by atoms with Gasteiger partial charge in [0.2, 0.25) is 5.82 Å². The predicted molar refractivity (Wildman–Crippen MR) is 111 cm³/mol. The van der Waals surface area contributed by atoms with Crippen molar-refractivity contribution in [3.63, 3.8) is 0 Å². The van der Waals surface area contributed by atoms with Gasteiger partial charge < -0.3 is 4.42 Å². The van der Waals surface area contributed by atoms with Crippen LogP contribution in [0.3, 0.4) is 0 Å². The molecule has 2 aromatic carbocycles. The fourth-order valence-corrected chi connectivity index (χ4v) is 3.85. The zero-order valence-corrected chi connectivity index (χ0v) is 16.7. The Bertz CT molecular complexity index is 1110. The molecule has 0 fully saturated rings. The van der Waals surface area contributed by atoms with E-state index in [1.807, 2.05) is 16.7 Å². The van der Waals surface area contributed by atoms with Gasteiger partial charge in [-0.1, -0.05) is 47.1 Å². The maximum absolute atomic E-state index is 12.6. The summed E-state index contributed by atoms with van der Waals surface area (Å²) in [5, 5.41) is 10.1. The number of hydrogen-bond acceptors (Lipinski definition) is 5. The molecule has 0 unspecified atom stereocenters. The zero-order valence-electron chi connectivity index (χ0n) is 14.4. The summed E-state index contributed by atoms with van der Waals surface area (Å²) < 4.78 is 7.32. The Morgan fingerprint density at radius 3 is 2.50 bits per heavy atom. The first kappa shape index (κ1) is 18.8. The van der Waals surface area contributed by atoms with E-state index < -0.39 is 0 Å². The van der Waals surface area contributed by atoms with Crippen LogP contribution in [0.1, 0.15) is 10.4 Å². The lowest BCUT2D eigenvalue weighted by molar-refractivity contribution is 0.102. The Balaban J connectivity index is 1.66. The molecule has 2 heterocycles. The number of rotatable bonds is 6.